The summed E-state index contributed by atoms with van der Waals surface area (Å²) >= 11 is 0. The smallest absolute Gasteiger partial charge is 0.263 e. The van der Waals surface area contributed by atoms with Crippen molar-refractivity contribution in [1.82, 2.24) is 19.4 Å². The van der Waals surface area contributed by atoms with E-state index in [-0.39, 0.29) is 16.5 Å². The number of rotatable bonds is 9. The van der Waals surface area contributed by atoms with Crippen molar-refractivity contribution in [3.05, 3.63) is 41.1 Å². The van der Waals surface area contributed by atoms with E-state index in [1.165, 1.54) is 26.3 Å². The van der Waals surface area contributed by atoms with Gasteiger partial charge in [-0.2, -0.15) is 9.40 Å². The van der Waals surface area contributed by atoms with Crippen LogP contribution in [-0.4, -0.2) is 61.1 Å². The molecule has 0 spiro atoms. The second kappa shape index (κ2) is 10.5. The van der Waals surface area contributed by atoms with Crippen LogP contribution in [0.1, 0.15) is 54.6 Å². The molecular weight excluding hydrogens is 426 g/mol. The number of unbranched alkanes of at least 4 members (excludes halogenated alkanes) is 2. The number of aryl methyl sites for hydroxylation is 2. The summed E-state index contributed by atoms with van der Waals surface area (Å²) in [5.74, 6) is -0.381. The Labute approximate surface area is 191 Å². The van der Waals surface area contributed by atoms with Crippen molar-refractivity contribution >= 4 is 21.6 Å². The first kappa shape index (κ1) is 24.3. The fourth-order valence-corrected chi connectivity index (χ4v) is 5.47. The molecule has 0 saturated carbocycles. The highest BCUT2D eigenvalue weighted by Gasteiger charge is 2.34. The highest BCUT2D eigenvalue weighted by molar-refractivity contribution is 7.89. The van der Waals surface area contributed by atoms with Gasteiger partial charge in [0.15, 0.2) is 0 Å². The minimum atomic E-state index is -3.87. The lowest BCUT2D eigenvalue weighted by atomic mass is 10.1. The average molecular weight is 462 g/mol. The van der Waals surface area contributed by atoms with Crippen molar-refractivity contribution in [3.8, 4) is 0 Å². The summed E-state index contributed by atoms with van der Waals surface area (Å²) in [4.78, 5) is 15.0. The fourth-order valence-electron chi connectivity index (χ4n) is 3.95. The number of aromatic nitrogens is 2. The Kier molecular flexibility index (Phi) is 7.95. The number of nitrogens with one attached hydrogen (secondary N) is 1. The van der Waals surface area contributed by atoms with Crippen LogP contribution in [-0.2, 0) is 16.6 Å². The number of piperazine rings is 1. The minimum absolute atomic E-state index is 0.125. The van der Waals surface area contributed by atoms with E-state index in [0.29, 0.717) is 39.3 Å². The molecule has 3 rings (SSSR count). The molecule has 1 aromatic heterocycles. The molecule has 1 aliphatic heterocycles. The van der Waals surface area contributed by atoms with E-state index < -0.39 is 10.0 Å². The Hall–Kier alpha value is -2.39. The number of nitrogens with zero attached hydrogens (tertiary/aromatic N) is 4. The molecule has 1 amide bonds. The van der Waals surface area contributed by atoms with Gasteiger partial charge >= 0.3 is 0 Å². The third kappa shape index (κ3) is 5.15. The highest BCUT2D eigenvalue weighted by atomic mass is 32.2. The van der Waals surface area contributed by atoms with Crippen LogP contribution in [0.5, 0.6) is 0 Å². The highest BCUT2D eigenvalue weighted by Crippen LogP contribution is 2.26. The van der Waals surface area contributed by atoms with E-state index in [2.05, 4.69) is 48.2 Å². The second-order valence-electron chi connectivity index (χ2n) is 8.28. The van der Waals surface area contributed by atoms with E-state index in [4.69, 9.17) is 0 Å². The van der Waals surface area contributed by atoms with Crippen molar-refractivity contribution < 1.29 is 13.2 Å². The molecule has 1 aliphatic rings. The number of hydrogen-bond donors (Lipinski definition) is 1. The van der Waals surface area contributed by atoms with Gasteiger partial charge in [0.25, 0.3) is 15.9 Å². The maximum absolute atomic E-state index is 13.4. The molecule has 0 atom stereocenters. The van der Waals surface area contributed by atoms with E-state index in [9.17, 15) is 13.2 Å². The Morgan fingerprint density at radius 3 is 2.47 bits per heavy atom. The topological polar surface area (TPSA) is 87.5 Å². The summed E-state index contributed by atoms with van der Waals surface area (Å²) in [6.07, 6.45) is 4.47. The van der Waals surface area contributed by atoms with Crippen molar-refractivity contribution in [2.45, 2.75) is 58.5 Å². The third-order valence-corrected chi connectivity index (χ3v) is 7.94. The standard InChI is InChI=1S/C23H35N5O3S/c1-5-7-8-12-24-22(29)20-17-27(6-2)25-23(20)32(30,31)28-15-13-26(14-16-28)21-11-9-10-18(3)19(21)4/h9-11,17H,5-8,12-16H2,1-4H3,(H,24,29). The van der Waals surface area contributed by atoms with Crippen molar-refractivity contribution in [2.75, 3.05) is 37.6 Å². The van der Waals surface area contributed by atoms with Crippen LogP contribution < -0.4 is 10.2 Å². The summed E-state index contributed by atoms with van der Waals surface area (Å²) in [5, 5.41) is 6.95. The zero-order chi connectivity index (χ0) is 23.3. The number of benzene rings is 1. The van der Waals surface area contributed by atoms with E-state index >= 15 is 0 Å². The van der Waals surface area contributed by atoms with Crippen LogP contribution in [0.25, 0.3) is 0 Å². The molecule has 1 N–H and O–H groups in total. The van der Waals surface area contributed by atoms with Gasteiger partial charge in [0.05, 0.1) is 5.56 Å². The van der Waals surface area contributed by atoms with Crippen LogP contribution >= 0.6 is 0 Å². The summed E-state index contributed by atoms with van der Waals surface area (Å²) in [6.45, 7) is 11.1. The Morgan fingerprint density at radius 2 is 1.81 bits per heavy atom. The van der Waals surface area contributed by atoms with Crippen molar-refractivity contribution in [2.24, 2.45) is 0 Å². The molecule has 32 heavy (non-hydrogen) atoms. The van der Waals surface area contributed by atoms with E-state index in [0.717, 1.165) is 24.9 Å². The molecule has 2 heterocycles. The molecule has 1 fully saturated rings. The molecule has 2 aromatic rings. The minimum Gasteiger partial charge on any atom is -0.369 e. The molecule has 8 nitrogen and oxygen atoms in total. The first-order valence-electron chi connectivity index (χ1n) is 11.5. The first-order chi connectivity index (χ1) is 15.3. The molecule has 176 valence electrons. The molecule has 1 aromatic carbocycles. The van der Waals surface area contributed by atoms with Crippen LogP contribution in [0, 0.1) is 13.8 Å². The van der Waals surface area contributed by atoms with Crippen molar-refractivity contribution in [1.29, 1.82) is 0 Å². The predicted molar refractivity (Wildman–Crippen MR) is 127 cm³/mol. The number of sulfonamides is 1. The van der Waals surface area contributed by atoms with Gasteiger partial charge in [0, 0.05) is 51.2 Å². The summed E-state index contributed by atoms with van der Waals surface area (Å²) < 4.78 is 29.8. The monoisotopic (exact) mass is 461 g/mol. The predicted octanol–water partition coefficient (Wildman–Crippen LogP) is 2.95. The first-order valence-corrected chi connectivity index (χ1v) is 12.9. The molecule has 0 radical (unpaired) electrons. The number of carbonyl (C=O) groups is 1. The molecule has 0 unspecified atom stereocenters. The molecule has 0 aliphatic carbocycles. The molecule has 1 saturated heterocycles. The van der Waals surface area contributed by atoms with Gasteiger partial charge in [-0.25, -0.2) is 8.42 Å². The molecule has 9 heteroatoms. The van der Waals surface area contributed by atoms with Gasteiger partial charge in [0.2, 0.25) is 5.03 Å². The van der Waals surface area contributed by atoms with Gasteiger partial charge < -0.3 is 10.2 Å². The summed E-state index contributed by atoms with van der Waals surface area (Å²) in [7, 11) is -3.87. The van der Waals surface area contributed by atoms with E-state index in [1.807, 2.05) is 13.0 Å². The number of carbonyl (C=O) groups excluding carboxylic acids is 1. The van der Waals surface area contributed by atoms with Gasteiger partial charge in [-0.15, -0.1) is 0 Å². The number of amides is 1. The molecule has 0 bridgehead atoms. The van der Waals surface area contributed by atoms with Gasteiger partial charge in [-0.3, -0.25) is 9.48 Å². The van der Waals surface area contributed by atoms with Gasteiger partial charge in [-0.1, -0.05) is 31.9 Å². The quantitative estimate of drug-likeness (QED) is 0.580. The van der Waals surface area contributed by atoms with Crippen LogP contribution in [0.2, 0.25) is 0 Å². The Morgan fingerprint density at radius 1 is 1.09 bits per heavy atom. The fraction of sp³-hybridized carbons (Fsp3) is 0.565. The lowest BCUT2D eigenvalue weighted by Crippen LogP contribution is -2.49. The zero-order valence-electron chi connectivity index (χ0n) is 19.6. The Bertz CT molecular complexity index is 1040. The number of hydrogen-bond acceptors (Lipinski definition) is 5. The van der Waals surface area contributed by atoms with Crippen LogP contribution in [0.4, 0.5) is 5.69 Å². The lowest BCUT2D eigenvalue weighted by Gasteiger charge is -2.36. The SMILES string of the molecule is CCCCCNC(=O)c1cn(CC)nc1S(=O)(=O)N1CCN(c2cccc(C)c2C)CC1. The van der Waals surface area contributed by atoms with Crippen molar-refractivity contribution in [3.63, 3.8) is 0 Å². The largest absolute Gasteiger partial charge is 0.369 e. The zero-order valence-corrected chi connectivity index (χ0v) is 20.4. The maximum atomic E-state index is 13.4. The van der Waals surface area contributed by atoms with Gasteiger partial charge in [0.1, 0.15) is 0 Å². The van der Waals surface area contributed by atoms with Gasteiger partial charge in [-0.05, 0) is 44.4 Å². The lowest BCUT2D eigenvalue weighted by molar-refractivity contribution is 0.0949. The molecular formula is C23H35N5O3S. The summed E-state index contributed by atoms with van der Waals surface area (Å²) in [6, 6.07) is 6.19. The number of anilines is 1. The van der Waals surface area contributed by atoms with Crippen LogP contribution in [0.15, 0.2) is 29.4 Å². The third-order valence-electron chi connectivity index (χ3n) is 6.10. The average Bonchev–Trinajstić information content (AvgIpc) is 3.24. The maximum Gasteiger partial charge on any atom is 0.263 e. The second-order valence-corrected chi connectivity index (χ2v) is 10.1. The van der Waals surface area contributed by atoms with E-state index in [1.54, 1.807) is 0 Å². The summed E-state index contributed by atoms with van der Waals surface area (Å²) in [5.41, 5.74) is 3.70. The Balaban J connectivity index is 1.76. The van der Waals surface area contributed by atoms with Crippen LogP contribution in [0.3, 0.4) is 0 Å². The normalized spacial score (nSPS) is 15.2.